The second kappa shape index (κ2) is 7.47. The second-order valence-corrected chi connectivity index (χ2v) is 12.0. The van der Waals surface area contributed by atoms with Crippen LogP contribution in [0.3, 0.4) is 0 Å². The lowest BCUT2D eigenvalue weighted by atomic mass is 9.50. The van der Waals surface area contributed by atoms with Crippen LogP contribution < -0.4 is 10.6 Å². The fourth-order valence-electron chi connectivity index (χ4n) is 7.21. The monoisotopic (exact) mass is 439 g/mol. The van der Waals surface area contributed by atoms with E-state index < -0.39 is 5.60 Å². The molecule has 4 fully saturated rings. The first kappa shape index (κ1) is 21.7. The molecule has 2 N–H and O–H groups in total. The van der Waals surface area contributed by atoms with Crippen LogP contribution in [0.4, 0.5) is 4.79 Å². The predicted molar refractivity (Wildman–Crippen MR) is 123 cm³/mol. The van der Waals surface area contributed by atoms with Gasteiger partial charge in [-0.1, -0.05) is 23.8 Å². The molecule has 4 atom stereocenters. The molecule has 1 aliphatic heterocycles. The molecule has 1 aromatic rings. The van der Waals surface area contributed by atoms with Gasteiger partial charge in [0, 0.05) is 24.2 Å². The summed E-state index contributed by atoms with van der Waals surface area (Å²) < 4.78 is 5.58. The van der Waals surface area contributed by atoms with Gasteiger partial charge in [0.25, 0.3) is 0 Å². The van der Waals surface area contributed by atoms with Crippen LogP contribution in [0.2, 0.25) is 0 Å². The summed E-state index contributed by atoms with van der Waals surface area (Å²) in [5, 5.41) is 6.97. The maximum Gasteiger partial charge on any atom is 0.408 e. The molecule has 174 valence electrons. The quantitative estimate of drug-likeness (QED) is 0.743. The zero-order valence-corrected chi connectivity index (χ0v) is 19.9. The molecule has 6 heteroatoms. The third-order valence-corrected chi connectivity index (χ3v) is 7.88. The first-order valence-electron chi connectivity index (χ1n) is 12.1. The van der Waals surface area contributed by atoms with E-state index >= 15 is 0 Å². The molecule has 0 aromatic heterocycles. The molecular formula is C26H37N3O3. The number of rotatable bonds is 4. The number of carbonyl (C=O) groups excluding carboxylic acids is 2. The summed E-state index contributed by atoms with van der Waals surface area (Å²) in [6.45, 7) is 9.59. The molecule has 4 bridgehead atoms. The van der Waals surface area contributed by atoms with E-state index in [2.05, 4.69) is 35.8 Å². The Morgan fingerprint density at radius 2 is 1.72 bits per heavy atom. The Kier molecular flexibility index (Phi) is 5.08. The number of nitrogens with zero attached hydrogens (tertiary/aromatic N) is 1. The van der Waals surface area contributed by atoms with E-state index in [4.69, 9.17) is 4.74 Å². The molecule has 2 amide bonds. The van der Waals surface area contributed by atoms with Gasteiger partial charge in [-0.3, -0.25) is 4.79 Å². The normalized spacial score (nSPS) is 32.7. The second-order valence-electron chi connectivity index (χ2n) is 12.0. The average molecular weight is 440 g/mol. The molecule has 4 aliphatic carbocycles. The van der Waals surface area contributed by atoms with Crippen molar-refractivity contribution in [2.45, 2.75) is 96.0 Å². The number of fused-ring (bicyclic) bond motifs is 1. The van der Waals surface area contributed by atoms with Gasteiger partial charge in [-0.25, -0.2) is 4.79 Å². The maximum atomic E-state index is 13.1. The van der Waals surface area contributed by atoms with Gasteiger partial charge in [0.2, 0.25) is 5.91 Å². The van der Waals surface area contributed by atoms with Crippen LogP contribution in [-0.2, 0) is 22.6 Å². The van der Waals surface area contributed by atoms with Crippen molar-refractivity contribution in [3.63, 3.8) is 0 Å². The molecule has 4 saturated carbocycles. The van der Waals surface area contributed by atoms with Gasteiger partial charge in [-0.05, 0) is 89.2 Å². The average Bonchev–Trinajstić information content (AvgIpc) is 3.06. The van der Waals surface area contributed by atoms with Gasteiger partial charge in [-0.2, -0.15) is 0 Å². The first-order valence-corrected chi connectivity index (χ1v) is 12.1. The molecule has 6 nitrogen and oxygen atoms in total. The highest BCUT2D eigenvalue weighted by Crippen LogP contribution is 2.57. The highest BCUT2D eigenvalue weighted by molar-refractivity contribution is 5.79. The fourth-order valence-corrected chi connectivity index (χ4v) is 7.21. The van der Waals surface area contributed by atoms with E-state index in [1.807, 2.05) is 25.7 Å². The van der Waals surface area contributed by atoms with E-state index in [1.165, 1.54) is 23.1 Å². The summed E-state index contributed by atoms with van der Waals surface area (Å²) in [6, 6.07) is 6.47. The third-order valence-electron chi connectivity index (χ3n) is 7.88. The Morgan fingerprint density at radius 3 is 2.41 bits per heavy atom. The van der Waals surface area contributed by atoms with Gasteiger partial charge < -0.3 is 20.3 Å². The smallest absolute Gasteiger partial charge is 0.408 e. The van der Waals surface area contributed by atoms with Crippen molar-refractivity contribution in [2.24, 2.45) is 11.8 Å². The lowest BCUT2D eigenvalue weighted by molar-refractivity contribution is -0.132. The summed E-state index contributed by atoms with van der Waals surface area (Å²) in [5.74, 6) is 1.38. The van der Waals surface area contributed by atoms with Crippen LogP contribution >= 0.6 is 0 Å². The maximum absolute atomic E-state index is 13.1. The Balaban J connectivity index is 1.23. The lowest BCUT2D eigenvalue weighted by Crippen LogP contribution is -2.69. The van der Waals surface area contributed by atoms with Crippen molar-refractivity contribution >= 4 is 12.0 Å². The number of hydrogen-bond donors (Lipinski definition) is 2. The SMILES string of the molecule is Cc1ccc2c(c1)CN(C(=O)CNC13C[C@H]4C[C@@H](C1)CC(NC(=O)OC(C)(C)C)(C4)C3)C2. The number of alkyl carbamates (subject to hydrolysis) is 1. The standard InChI is InChI=1S/C26H37N3O3/c1-17-5-6-20-14-29(15-21(20)7-17)22(30)13-27-25-9-18-8-19(10-25)12-26(11-18,16-25)28-23(31)32-24(2,3)4/h5-7,18-19,27H,8-16H2,1-4H3,(H,28,31)/t18-,19+,25?,26?. The topological polar surface area (TPSA) is 70.7 Å². The zero-order valence-electron chi connectivity index (χ0n) is 19.9. The lowest BCUT2D eigenvalue weighted by Gasteiger charge is -2.62. The number of hydrogen-bond acceptors (Lipinski definition) is 4. The predicted octanol–water partition coefficient (Wildman–Crippen LogP) is 4.04. The van der Waals surface area contributed by atoms with Crippen molar-refractivity contribution < 1.29 is 14.3 Å². The minimum Gasteiger partial charge on any atom is -0.444 e. The highest BCUT2D eigenvalue weighted by atomic mass is 16.6. The molecule has 1 heterocycles. The van der Waals surface area contributed by atoms with Gasteiger partial charge in [-0.15, -0.1) is 0 Å². The van der Waals surface area contributed by atoms with E-state index in [9.17, 15) is 9.59 Å². The minimum absolute atomic E-state index is 0.0576. The molecule has 0 spiro atoms. The Morgan fingerprint density at radius 1 is 1.06 bits per heavy atom. The van der Waals surface area contributed by atoms with Crippen molar-refractivity contribution in [3.05, 3.63) is 34.9 Å². The van der Waals surface area contributed by atoms with E-state index in [-0.39, 0.29) is 23.1 Å². The van der Waals surface area contributed by atoms with Crippen LogP contribution in [0.15, 0.2) is 18.2 Å². The van der Waals surface area contributed by atoms with E-state index in [0.29, 0.717) is 31.5 Å². The van der Waals surface area contributed by atoms with Crippen LogP contribution in [0.1, 0.15) is 76.0 Å². The number of aryl methyl sites for hydroxylation is 1. The molecule has 2 unspecified atom stereocenters. The number of carbonyl (C=O) groups is 2. The largest absolute Gasteiger partial charge is 0.444 e. The van der Waals surface area contributed by atoms with E-state index in [1.54, 1.807) is 0 Å². The van der Waals surface area contributed by atoms with Crippen LogP contribution in [0.25, 0.3) is 0 Å². The van der Waals surface area contributed by atoms with Gasteiger partial charge in [0.15, 0.2) is 0 Å². The van der Waals surface area contributed by atoms with Crippen molar-refractivity contribution in [1.82, 2.24) is 15.5 Å². The number of ether oxygens (including phenoxy) is 1. The van der Waals surface area contributed by atoms with Crippen molar-refractivity contribution in [2.75, 3.05) is 6.54 Å². The molecular weight excluding hydrogens is 402 g/mol. The number of amides is 2. The van der Waals surface area contributed by atoms with Crippen LogP contribution in [0.5, 0.6) is 0 Å². The van der Waals surface area contributed by atoms with Crippen LogP contribution in [0, 0.1) is 18.8 Å². The van der Waals surface area contributed by atoms with E-state index in [0.717, 1.165) is 32.1 Å². The van der Waals surface area contributed by atoms with Crippen LogP contribution in [-0.4, -0.2) is 40.1 Å². The van der Waals surface area contributed by atoms with Gasteiger partial charge >= 0.3 is 6.09 Å². The molecule has 1 aromatic carbocycles. The summed E-state index contributed by atoms with van der Waals surface area (Å²) in [5.41, 5.74) is 3.02. The summed E-state index contributed by atoms with van der Waals surface area (Å²) in [4.78, 5) is 27.6. The van der Waals surface area contributed by atoms with Crippen molar-refractivity contribution in [3.8, 4) is 0 Å². The van der Waals surface area contributed by atoms with Gasteiger partial charge in [0.05, 0.1) is 6.54 Å². The summed E-state index contributed by atoms with van der Waals surface area (Å²) >= 11 is 0. The fraction of sp³-hybridized carbons (Fsp3) is 0.692. The zero-order chi connectivity index (χ0) is 22.7. The summed E-state index contributed by atoms with van der Waals surface area (Å²) in [7, 11) is 0. The molecule has 6 rings (SSSR count). The van der Waals surface area contributed by atoms with Gasteiger partial charge in [0.1, 0.15) is 5.60 Å². The molecule has 0 radical (unpaired) electrons. The molecule has 0 saturated heterocycles. The molecule has 32 heavy (non-hydrogen) atoms. The first-order chi connectivity index (χ1) is 15.0. The Labute approximate surface area is 191 Å². The summed E-state index contributed by atoms with van der Waals surface area (Å²) in [6.07, 6.45) is 6.09. The molecule has 5 aliphatic rings. The highest BCUT2D eigenvalue weighted by Gasteiger charge is 2.58. The Hall–Kier alpha value is -2.08. The third kappa shape index (κ3) is 4.26. The minimum atomic E-state index is -0.499. The number of benzene rings is 1. The van der Waals surface area contributed by atoms with Crippen molar-refractivity contribution in [1.29, 1.82) is 0 Å². The number of nitrogens with one attached hydrogen (secondary N) is 2. The Bertz CT molecular complexity index is 921.